The summed E-state index contributed by atoms with van der Waals surface area (Å²) in [5.41, 5.74) is -0.978. The van der Waals surface area contributed by atoms with Gasteiger partial charge in [-0.15, -0.1) is 0 Å². The van der Waals surface area contributed by atoms with E-state index in [0.29, 0.717) is 12.5 Å². The SMILES string of the molecule is C=C(C)C(=O)OC(C)(C)C(=O)OCC1C2CC3CC(C2)CC1C3. The molecule has 0 radical (unpaired) electrons. The van der Waals surface area contributed by atoms with Gasteiger partial charge in [0.2, 0.25) is 5.60 Å². The fourth-order valence-electron chi connectivity index (χ4n) is 5.02. The van der Waals surface area contributed by atoms with Crippen molar-refractivity contribution in [2.45, 2.75) is 58.5 Å². The highest BCUT2D eigenvalue weighted by molar-refractivity contribution is 5.90. The molecule has 0 N–H and O–H groups in total. The van der Waals surface area contributed by atoms with Gasteiger partial charge >= 0.3 is 11.9 Å². The summed E-state index contributed by atoms with van der Waals surface area (Å²) in [6.07, 6.45) is 6.66. The van der Waals surface area contributed by atoms with E-state index in [9.17, 15) is 9.59 Å². The normalized spacial score (nSPS) is 35.0. The van der Waals surface area contributed by atoms with Crippen LogP contribution >= 0.6 is 0 Å². The van der Waals surface area contributed by atoms with Gasteiger partial charge in [0.25, 0.3) is 0 Å². The molecule has 0 amide bonds. The molecule has 4 nitrogen and oxygen atoms in total. The first-order chi connectivity index (χ1) is 10.8. The van der Waals surface area contributed by atoms with Crippen molar-refractivity contribution < 1.29 is 19.1 Å². The van der Waals surface area contributed by atoms with E-state index in [0.717, 1.165) is 23.7 Å². The van der Waals surface area contributed by atoms with Crippen LogP contribution in [0.2, 0.25) is 0 Å². The van der Waals surface area contributed by atoms with Gasteiger partial charge in [-0.3, -0.25) is 0 Å². The van der Waals surface area contributed by atoms with Crippen LogP contribution in [0.15, 0.2) is 12.2 Å². The predicted molar refractivity (Wildman–Crippen MR) is 86.5 cm³/mol. The van der Waals surface area contributed by atoms with Gasteiger partial charge in [-0.25, -0.2) is 9.59 Å². The maximum atomic E-state index is 12.3. The lowest BCUT2D eigenvalue weighted by Gasteiger charge is -2.54. The minimum atomic E-state index is -1.26. The smallest absolute Gasteiger partial charge is 0.350 e. The molecule has 4 aliphatic carbocycles. The molecular formula is C19H28O4. The first-order valence-electron chi connectivity index (χ1n) is 8.82. The third-order valence-corrected chi connectivity index (χ3v) is 6.02. The van der Waals surface area contributed by atoms with Crippen LogP contribution in [0.4, 0.5) is 0 Å². The highest BCUT2D eigenvalue weighted by Crippen LogP contribution is 2.56. The number of hydrogen-bond acceptors (Lipinski definition) is 4. The Morgan fingerprint density at radius 1 is 1.04 bits per heavy atom. The Hall–Kier alpha value is -1.32. The highest BCUT2D eigenvalue weighted by atomic mass is 16.6. The van der Waals surface area contributed by atoms with Gasteiger partial charge in [-0.2, -0.15) is 0 Å². The first kappa shape index (κ1) is 16.5. The van der Waals surface area contributed by atoms with Gasteiger partial charge in [0, 0.05) is 5.57 Å². The summed E-state index contributed by atoms with van der Waals surface area (Å²) in [5.74, 6) is 2.76. The van der Waals surface area contributed by atoms with E-state index in [1.807, 2.05) is 0 Å². The summed E-state index contributed by atoms with van der Waals surface area (Å²) in [7, 11) is 0. The lowest BCUT2D eigenvalue weighted by molar-refractivity contribution is -0.180. The van der Waals surface area contributed by atoms with Crippen molar-refractivity contribution in [1.29, 1.82) is 0 Å². The highest BCUT2D eigenvalue weighted by Gasteiger charge is 2.48. The third kappa shape index (κ3) is 3.31. The van der Waals surface area contributed by atoms with E-state index in [1.165, 1.54) is 32.1 Å². The maximum Gasteiger partial charge on any atom is 0.350 e. The number of esters is 2. The molecule has 4 rings (SSSR count). The third-order valence-electron chi connectivity index (χ3n) is 6.02. The summed E-state index contributed by atoms with van der Waals surface area (Å²) in [6, 6.07) is 0. The lowest BCUT2D eigenvalue weighted by atomic mass is 9.52. The molecule has 0 heterocycles. The molecule has 4 aliphatic rings. The Labute approximate surface area is 138 Å². The summed E-state index contributed by atoms with van der Waals surface area (Å²) in [5, 5.41) is 0. The molecule has 0 saturated heterocycles. The van der Waals surface area contributed by atoms with Crippen molar-refractivity contribution in [1.82, 2.24) is 0 Å². The van der Waals surface area contributed by atoms with Crippen LogP contribution in [0.5, 0.6) is 0 Å². The molecule has 4 heteroatoms. The average Bonchev–Trinajstić information content (AvgIpc) is 2.44. The van der Waals surface area contributed by atoms with Gasteiger partial charge in [-0.05, 0) is 82.5 Å². The van der Waals surface area contributed by atoms with Gasteiger partial charge in [0.15, 0.2) is 0 Å². The van der Waals surface area contributed by atoms with Crippen LogP contribution in [-0.4, -0.2) is 24.1 Å². The standard InChI is InChI=1S/C19H28O4/c1-11(2)17(20)23-19(3,4)18(21)22-10-16-14-6-12-5-13(8-14)9-15(16)7-12/h12-16H,1,5-10H2,2-4H3. The van der Waals surface area contributed by atoms with Crippen molar-refractivity contribution in [2.24, 2.45) is 29.6 Å². The Bertz CT molecular complexity index is 491. The Balaban J connectivity index is 1.54. The first-order valence-corrected chi connectivity index (χ1v) is 8.82. The van der Waals surface area contributed by atoms with Crippen LogP contribution in [-0.2, 0) is 19.1 Å². The van der Waals surface area contributed by atoms with Gasteiger partial charge in [-0.1, -0.05) is 6.58 Å². The molecule has 0 aliphatic heterocycles. The number of hydrogen-bond donors (Lipinski definition) is 0. The van der Waals surface area contributed by atoms with Gasteiger partial charge in [0.05, 0.1) is 6.61 Å². The number of ether oxygens (including phenoxy) is 2. The van der Waals surface area contributed by atoms with Crippen molar-refractivity contribution >= 4 is 11.9 Å². The second kappa shape index (κ2) is 5.95. The van der Waals surface area contributed by atoms with E-state index in [-0.39, 0.29) is 5.57 Å². The largest absolute Gasteiger partial charge is 0.462 e. The van der Waals surface area contributed by atoms with Crippen LogP contribution in [0.1, 0.15) is 52.9 Å². The Kier molecular flexibility index (Phi) is 4.28. The predicted octanol–water partition coefficient (Wildman–Crippen LogP) is 3.50. The van der Waals surface area contributed by atoms with Crippen LogP contribution in [0, 0.1) is 29.6 Å². The average molecular weight is 320 g/mol. The molecule has 128 valence electrons. The Morgan fingerprint density at radius 3 is 2.04 bits per heavy atom. The molecule has 0 aromatic carbocycles. The van der Waals surface area contributed by atoms with E-state index in [4.69, 9.17) is 9.47 Å². The van der Waals surface area contributed by atoms with Gasteiger partial charge < -0.3 is 9.47 Å². The van der Waals surface area contributed by atoms with Crippen molar-refractivity contribution in [3.63, 3.8) is 0 Å². The summed E-state index contributed by atoms with van der Waals surface area (Å²) >= 11 is 0. The molecule has 4 bridgehead atoms. The summed E-state index contributed by atoms with van der Waals surface area (Å²) in [4.78, 5) is 24.0. The zero-order valence-corrected chi connectivity index (χ0v) is 14.5. The number of carbonyl (C=O) groups is 2. The molecule has 0 atom stereocenters. The van der Waals surface area contributed by atoms with Crippen molar-refractivity contribution in [3.05, 3.63) is 12.2 Å². The zero-order chi connectivity index (χ0) is 16.8. The monoisotopic (exact) mass is 320 g/mol. The van der Waals surface area contributed by atoms with E-state index in [2.05, 4.69) is 6.58 Å². The Morgan fingerprint density at radius 2 is 1.57 bits per heavy atom. The molecule has 4 saturated carbocycles. The van der Waals surface area contributed by atoms with Crippen LogP contribution in [0.25, 0.3) is 0 Å². The zero-order valence-electron chi connectivity index (χ0n) is 14.5. The minimum absolute atomic E-state index is 0.284. The lowest BCUT2D eigenvalue weighted by Crippen LogP contribution is -2.48. The number of rotatable bonds is 5. The summed E-state index contributed by atoms with van der Waals surface area (Å²) in [6.45, 7) is 8.74. The van der Waals surface area contributed by atoms with E-state index >= 15 is 0 Å². The molecule has 0 unspecified atom stereocenters. The molecule has 0 spiro atoms. The molecular weight excluding hydrogens is 292 g/mol. The fraction of sp³-hybridized carbons (Fsp3) is 0.789. The second-order valence-electron chi connectivity index (χ2n) is 8.37. The van der Waals surface area contributed by atoms with Gasteiger partial charge in [0.1, 0.15) is 0 Å². The molecule has 0 aromatic heterocycles. The fourth-order valence-corrected chi connectivity index (χ4v) is 5.02. The van der Waals surface area contributed by atoms with Crippen molar-refractivity contribution in [3.8, 4) is 0 Å². The topological polar surface area (TPSA) is 52.6 Å². The van der Waals surface area contributed by atoms with Crippen LogP contribution < -0.4 is 0 Å². The minimum Gasteiger partial charge on any atom is -0.462 e. The molecule has 0 aromatic rings. The van der Waals surface area contributed by atoms with E-state index < -0.39 is 17.5 Å². The number of carbonyl (C=O) groups excluding carboxylic acids is 2. The maximum absolute atomic E-state index is 12.3. The summed E-state index contributed by atoms with van der Waals surface area (Å²) < 4.78 is 10.8. The second-order valence-corrected chi connectivity index (χ2v) is 8.37. The molecule has 23 heavy (non-hydrogen) atoms. The van der Waals surface area contributed by atoms with Crippen molar-refractivity contribution in [2.75, 3.05) is 6.61 Å². The molecule has 4 fully saturated rings. The van der Waals surface area contributed by atoms with Crippen LogP contribution in [0.3, 0.4) is 0 Å². The van der Waals surface area contributed by atoms with E-state index in [1.54, 1.807) is 20.8 Å². The quantitative estimate of drug-likeness (QED) is 0.575.